The van der Waals surface area contributed by atoms with Crippen LogP contribution < -0.4 is 11.1 Å². The lowest BCUT2D eigenvalue weighted by molar-refractivity contribution is 0.0693. The zero-order valence-corrected chi connectivity index (χ0v) is 12.0. The summed E-state index contributed by atoms with van der Waals surface area (Å²) in [6.45, 7) is 1.95. The predicted molar refractivity (Wildman–Crippen MR) is 79.1 cm³/mol. The van der Waals surface area contributed by atoms with Crippen molar-refractivity contribution in [3.05, 3.63) is 23.3 Å². The van der Waals surface area contributed by atoms with Crippen molar-refractivity contribution in [2.24, 2.45) is 0 Å². The van der Waals surface area contributed by atoms with E-state index in [1.54, 1.807) is 19.5 Å². The number of aromatic nitrogens is 1. The van der Waals surface area contributed by atoms with Crippen LogP contribution in [0, 0.1) is 0 Å². The number of hydrogen-bond acceptors (Lipinski definition) is 6. The molecule has 0 aliphatic carbocycles. The molecule has 2 heterocycles. The van der Waals surface area contributed by atoms with Crippen molar-refractivity contribution >= 4 is 33.0 Å². The minimum Gasteiger partial charge on any atom is -0.397 e. The Morgan fingerprint density at radius 3 is 3.05 bits per heavy atom. The van der Waals surface area contributed by atoms with Gasteiger partial charge in [-0.3, -0.25) is 9.78 Å². The molecule has 2 rings (SSSR count). The molecular formula is C13H17N3O3S. The number of fused-ring (bicyclic) bond motifs is 1. The lowest BCUT2D eigenvalue weighted by atomic mass is 10.2. The molecule has 0 saturated carbocycles. The van der Waals surface area contributed by atoms with Gasteiger partial charge in [-0.15, -0.1) is 11.3 Å². The zero-order valence-electron chi connectivity index (χ0n) is 11.2. The van der Waals surface area contributed by atoms with Gasteiger partial charge in [0.2, 0.25) is 0 Å². The lowest BCUT2D eigenvalue weighted by Gasteiger charge is -2.05. The van der Waals surface area contributed by atoms with E-state index in [9.17, 15) is 4.79 Å². The number of carbonyl (C=O) groups is 1. The van der Waals surface area contributed by atoms with Crippen LogP contribution in [-0.2, 0) is 9.47 Å². The zero-order chi connectivity index (χ0) is 14.4. The number of methoxy groups -OCH3 is 1. The van der Waals surface area contributed by atoms with E-state index < -0.39 is 0 Å². The fraction of sp³-hybridized carbons (Fsp3) is 0.385. The van der Waals surface area contributed by atoms with Gasteiger partial charge in [0.25, 0.3) is 5.91 Å². The van der Waals surface area contributed by atoms with Gasteiger partial charge in [-0.2, -0.15) is 0 Å². The molecule has 0 aliphatic rings. The molecular weight excluding hydrogens is 278 g/mol. The largest absolute Gasteiger partial charge is 0.397 e. The number of hydrogen-bond donors (Lipinski definition) is 2. The fourth-order valence-electron chi connectivity index (χ4n) is 1.70. The summed E-state index contributed by atoms with van der Waals surface area (Å²) in [4.78, 5) is 16.6. The number of nitrogen functional groups attached to an aromatic ring is 1. The highest BCUT2D eigenvalue weighted by Crippen LogP contribution is 2.32. The first-order chi connectivity index (χ1) is 9.74. The summed E-state index contributed by atoms with van der Waals surface area (Å²) in [7, 11) is 1.62. The monoisotopic (exact) mass is 295 g/mol. The molecule has 0 fully saturated rings. The van der Waals surface area contributed by atoms with Crippen molar-refractivity contribution in [3.63, 3.8) is 0 Å². The fourth-order valence-corrected chi connectivity index (χ4v) is 2.71. The summed E-state index contributed by atoms with van der Waals surface area (Å²) in [6.07, 6.45) is 3.37. The van der Waals surface area contributed by atoms with Gasteiger partial charge in [0.15, 0.2) is 0 Å². The molecule has 0 bridgehead atoms. The molecule has 2 aromatic rings. The summed E-state index contributed by atoms with van der Waals surface area (Å²) in [5, 5.41) is 3.65. The summed E-state index contributed by atoms with van der Waals surface area (Å²) >= 11 is 1.34. The maximum Gasteiger partial charge on any atom is 0.263 e. The summed E-state index contributed by atoms with van der Waals surface area (Å²) in [6, 6.07) is 1.81. The van der Waals surface area contributed by atoms with E-state index >= 15 is 0 Å². The summed E-state index contributed by atoms with van der Waals surface area (Å²) in [5.74, 6) is -0.181. The first-order valence-electron chi connectivity index (χ1n) is 6.21. The van der Waals surface area contributed by atoms with E-state index in [1.807, 2.05) is 6.07 Å². The number of ether oxygens (including phenoxy) is 2. The molecule has 0 aliphatic heterocycles. The Labute approximate surface area is 120 Å². The van der Waals surface area contributed by atoms with Crippen molar-refractivity contribution in [1.82, 2.24) is 10.3 Å². The number of thiophene rings is 1. The van der Waals surface area contributed by atoms with E-state index in [1.165, 1.54) is 11.3 Å². The highest BCUT2D eigenvalue weighted by atomic mass is 32.1. The molecule has 0 atom stereocenters. The number of amides is 1. The SMILES string of the molecule is COCCOCCNC(=O)c1sc2cnccc2c1N. The Kier molecular flexibility index (Phi) is 5.28. The average Bonchev–Trinajstić information content (AvgIpc) is 2.80. The summed E-state index contributed by atoms with van der Waals surface area (Å²) in [5.41, 5.74) is 6.49. The number of anilines is 1. The molecule has 108 valence electrons. The van der Waals surface area contributed by atoms with Gasteiger partial charge in [0, 0.05) is 31.4 Å². The van der Waals surface area contributed by atoms with Crippen molar-refractivity contribution in [1.29, 1.82) is 0 Å². The number of nitrogens with two attached hydrogens (primary N) is 1. The third-order valence-electron chi connectivity index (χ3n) is 2.70. The van der Waals surface area contributed by atoms with Crippen molar-refractivity contribution < 1.29 is 14.3 Å². The second-order valence-electron chi connectivity index (χ2n) is 4.08. The van der Waals surface area contributed by atoms with Crippen LogP contribution in [-0.4, -0.2) is 44.4 Å². The first kappa shape index (κ1) is 14.7. The Hall–Kier alpha value is -1.70. The Morgan fingerprint density at radius 1 is 1.45 bits per heavy atom. The van der Waals surface area contributed by atoms with Gasteiger partial charge in [0.05, 0.1) is 30.2 Å². The number of pyridine rings is 1. The van der Waals surface area contributed by atoms with Crippen LogP contribution in [0.15, 0.2) is 18.5 Å². The molecule has 0 unspecified atom stereocenters. The Balaban J connectivity index is 1.89. The Bertz CT molecular complexity index is 585. The highest BCUT2D eigenvalue weighted by Gasteiger charge is 2.15. The molecule has 0 saturated heterocycles. The quantitative estimate of drug-likeness (QED) is 0.751. The molecule has 20 heavy (non-hydrogen) atoms. The Morgan fingerprint density at radius 2 is 2.30 bits per heavy atom. The normalized spacial score (nSPS) is 10.8. The van der Waals surface area contributed by atoms with Crippen molar-refractivity contribution in [3.8, 4) is 0 Å². The van der Waals surface area contributed by atoms with Crippen LogP contribution >= 0.6 is 11.3 Å². The van der Waals surface area contributed by atoms with Crippen LogP contribution in [0.4, 0.5) is 5.69 Å². The van der Waals surface area contributed by atoms with Gasteiger partial charge in [-0.1, -0.05) is 0 Å². The van der Waals surface area contributed by atoms with E-state index in [0.29, 0.717) is 36.9 Å². The molecule has 0 spiro atoms. The summed E-state index contributed by atoms with van der Waals surface area (Å²) < 4.78 is 11.0. The maximum atomic E-state index is 12.0. The van der Waals surface area contributed by atoms with E-state index in [0.717, 1.165) is 10.1 Å². The smallest absolute Gasteiger partial charge is 0.263 e. The number of nitrogens with zero attached hydrogens (tertiary/aromatic N) is 1. The first-order valence-corrected chi connectivity index (χ1v) is 7.02. The molecule has 6 nitrogen and oxygen atoms in total. The number of nitrogens with one attached hydrogen (secondary N) is 1. The molecule has 1 amide bonds. The van der Waals surface area contributed by atoms with Crippen LogP contribution in [0.5, 0.6) is 0 Å². The van der Waals surface area contributed by atoms with Gasteiger partial charge in [0.1, 0.15) is 4.88 Å². The minimum atomic E-state index is -0.181. The molecule has 7 heteroatoms. The number of rotatable bonds is 7. The van der Waals surface area contributed by atoms with Crippen LogP contribution in [0.1, 0.15) is 9.67 Å². The lowest BCUT2D eigenvalue weighted by Crippen LogP contribution is -2.27. The highest BCUT2D eigenvalue weighted by molar-refractivity contribution is 7.21. The molecule has 0 radical (unpaired) electrons. The molecule has 3 N–H and O–H groups in total. The van der Waals surface area contributed by atoms with Gasteiger partial charge in [-0.05, 0) is 6.07 Å². The van der Waals surface area contributed by atoms with E-state index in [-0.39, 0.29) is 5.91 Å². The standard InChI is InChI=1S/C13H17N3O3S/c1-18-6-7-19-5-4-16-13(17)12-11(14)9-2-3-15-8-10(9)20-12/h2-3,8H,4-7,14H2,1H3,(H,16,17). The third-order valence-corrected chi connectivity index (χ3v) is 3.86. The van der Waals surface area contributed by atoms with Crippen LogP contribution in [0.3, 0.4) is 0 Å². The molecule has 2 aromatic heterocycles. The second kappa shape index (κ2) is 7.18. The van der Waals surface area contributed by atoms with Gasteiger partial charge >= 0.3 is 0 Å². The number of carbonyl (C=O) groups excluding carboxylic acids is 1. The topological polar surface area (TPSA) is 86.5 Å². The minimum absolute atomic E-state index is 0.181. The third kappa shape index (κ3) is 3.44. The van der Waals surface area contributed by atoms with E-state index in [2.05, 4.69) is 10.3 Å². The van der Waals surface area contributed by atoms with E-state index in [4.69, 9.17) is 15.2 Å². The van der Waals surface area contributed by atoms with Crippen LogP contribution in [0.2, 0.25) is 0 Å². The van der Waals surface area contributed by atoms with Crippen molar-refractivity contribution in [2.75, 3.05) is 39.2 Å². The van der Waals surface area contributed by atoms with Gasteiger partial charge in [-0.25, -0.2) is 0 Å². The maximum absolute atomic E-state index is 12.0. The predicted octanol–water partition coefficient (Wildman–Crippen LogP) is 1.27. The van der Waals surface area contributed by atoms with Crippen molar-refractivity contribution in [2.45, 2.75) is 0 Å². The molecule has 0 aromatic carbocycles. The second-order valence-corrected chi connectivity index (χ2v) is 5.13. The van der Waals surface area contributed by atoms with Crippen LogP contribution in [0.25, 0.3) is 10.1 Å². The average molecular weight is 295 g/mol. The van der Waals surface area contributed by atoms with Gasteiger partial charge < -0.3 is 20.5 Å².